The van der Waals surface area contributed by atoms with Crippen LogP contribution in [-0.4, -0.2) is 15.9 Å². The van der Waals surface area contributed by atoms with Gasteiger partial charge in [0.2, 0.25) is 0 Å². The first-order valence-corrected chi connectivity index (χ1v) is 5.55. The molecule has 0 spiro atoms. The highest BCUT2D eigenvalue weighted by atomic mass is 35.5. The lowest BCUT2D eigenvalue weighted by molar-refractivity contribution is -0.125. The van der Waals surface area contributed by atoms with Crippen LogP contribution in [0.15, 0.2) is 12.3 Å². The minimum atomic E-state index is -1.06. The number of nitrogens with zero attached hydrogens (tertiary/aromatic N) is 1. The first kappa shape index (κ1) is 11.4. The molecule has 0 aliphatic heterocycles. The van der Waals surface area contributed by atoms with Gasteiger partial charge in [0.15, 0.2) is 0 Å². The van der Waals surface area contributed by atoms with E-state index in [0.29, 0.717) is 36.3 Å². The summed E-state index contributed by atoms with van der Waals surface area (Å²) in [5.74, 6) is 0.458. The topological polar surface area (TPSA) is 76.2 Å². The highest BCUT2D eigenvalue weighted by molar-refractivity contribution is 6.30. The van der Waals surface area contributed by atoms with Gasteiger partial charge in [0.05, 0.1) is 10.6 Å². The fraction of sp³-hybridized carbons (Fsp3) is 0.455. The molecule has 0 aromatic carbocycles. The minimum Gasteiger partial charge on any atom is -0.385 e. The summed E-state index contributed by atoms with van der Waals surface area (Å²) < 4.78 is 0. The van der Waals surface area contributed by atoms with E-state index in [0.717, 1.165) is 0 Å². The number of nitrogens with two attached hydrogens (primary N) is 1. The first-order chi connectivity index (χ1) is 7.51. The van der Waals surface area contributed by atoms with Gasteiger partial charge in [-0.1, -0.05) is 11.6 Å². The van der Waals surface area contributed by atoms with Crippen LogP contribution in [0.25, 0.3) is 0 Å². The van der Waals surface area contributed by atoms with Crippen LogP contribution >= 0.6 is 11.6 Å². The number of carbonyl (C=O) groups is 1. The number of pyridine rings is 1. The molecule has 86 valence electrons. The van der Waals surface area contributed by atoms with Gasteiger partial charge >= 0.3 is 0 Å². The number of nitrogen functional groups attached to an aromatic ring is 1. The van der Waals surface area contributed by atoms with Gasteiger partial charge in [-0.05, 0) is 18.9 Å². The summed E-state index contributed by atoms with van der Waals surface area (Å²) in [4.78, 5) is 15.1. The van der Waals surface area contributed by atoms with Crippen LogP contribution in [0.1, 0.15) is 31.2 Å². The Kier molecular flexibility index (Phi) is 2.86. The zero-order chi connectivity index (χ0) is 11.8. The molecule has 1 saturated carbocycles. The van der Waals surface area contributed by atoms with E-state index in [9.17, 15) is 9.90 Å². The molecule has 0 bridgehead atoms. The van der Waals surface area contributed by atoms with Crippen LogP contribution in [0.2, 0.25) is 5.02 Å². The van der Waals surface area contributed by atoms with E-state index in [1.807, 2.05) is 0 Å². The smallest absolute Gasteiger partial charge is 0.133 e. The lowest BCUT2D eigenvalue weighted by Crippen LogP contribution is -2.32. The van der Waals surface area contributed by atoms with Crippen molar-refractivity contribution < 1.29 is 9.90 Å². The van der Waals surface area contributed by atoms with Gasteiger partial charge in [-0.15, -0.1) is 0 Å². The highest BCUT2D eigenvalue weighted by Crippen LogP contribution is 2.38. The molecule has 5 heteroatoms. The van der Waals surface area contributed by atoms with Gasteiger partial charge < -0.3 is 10.8 Å². The molecule has 0 amide bonds. The van der Waals surface area contributed by atoms with Crippen molar-refractivity contribution in [2.24, 2.45) is 0 Å². The van der Waals surface area contributed by atoms with E-state index in [2.05, 4.69) is 4.98 Å². The number of halogens is 1. The van der Waals surface area contributed by atoms with Crippen molar-refractivity contribution in [3.8, 4) is 0 Å². The number of Topliss-reactive ketones (excluding diaryl/α,β-unsaturated/α-hetero) is 1. The largest absolute Gasteiger partial charge is 0.385 e. The third kappa shape index (κ3) is 2.03. The minimum absolute atomic E-state index is 0.179. The van der Waals surface area contributed by atoms with Crippen molar-refractivity contribution in [1.82, 2.24) is 4.98 Å². The van der Waals surface area contributed by atoms with E-state index < -0.39 is 5.60 Å². The maximum absolute atomic E-state index is 11.1. The van der Waals surface area contributed by atoms with Crippen LogP contribution < -0.4 is 5.73 Å². The van der Waals surface area contributed by atoms with Crippen LogP contribution in [0.5, 0.6) is 0 Å². The van der Waals surface area contributed by atoms with Crippen molar-refractivity contribution >= 4 is 23.2 Å². The zero-order valence-electron chi connectivity index (χ0n) is 8.74. The molecule has 1 aliphatic rings. The molecule has 1 aromatic rings. The van der Waals surface area contributed by atoms with Crippen LogP contribution in [0, 0.1) is 0 Å². The zero-order valence-corrected chi connectivity index (χ0v) is 9.50. The third-order valence-electron chi connectivity index (χ3n) is 3.02. The molecule has 0 radical (unpaired) electrons. The Labute approximate surface area is 98.4 Å². The molecule has 2 rings (SSSR count). The van der Waals surface area contributed by atoms with Crippen LogP contribution in [0.4, 0.5) is 5.82 Å². The second-order valence-electron chi connectivity index (χ2n) is 4.16. The molecular weight excluding hydrogens is 228 g/mol. The van der Waals surface area contributed by atoms with Crippen molar-refractivity contribution in [3.63, 3.8) is 0 Å². The Hall–Kier alpha value is -1.13. The molecule has 1 heterocycles. The number of anilines is 1. The number of carbonyl (C=O) groups excluding carboxylic acids is 1. The summed E-state index contributed by atoms with van der Waals surface area (Å²) in [6, 6.07) is 1.62. The number of hydrogen-bond acceptors (Lipinski definition) is 4. The average molecular weight is 241 g/mol. The van der Waals surface area contributed by atoms with Gasteiger partial charge in [-0.2, -0.15) is 0 Å². The van der Waals surface area contributed by atoms with Gasteiger partial charge in [-0.3, -0.25) is 4.79 Å². The maximum atomic E-state index is 11.1. The third-order valence-corrected chi connectivity index (χ3v) is 3.23. The number of hydrogen-bond donors (Lipinski definition) is 2. The molecule has 4 nitrogen and oxygen atoms in total. The van der Waals surface area contributed by atoms with Gasteiger partial charge in [0.25, 0.3) is 0 Å². The van der Waals surface area contributed by atoms with Crippen molar-refractivity contribution in [2.45, 2.75) is 31.3 Å². The number of aliphatic hydroxyl groups is 1. The second kappa shape index (κ2) is 4.03. The van der Waals surface area contributed by atoms with Gasteiger partial charge in [-0.25, -0.2) is 4.98 Å². The summed E-state index contributed by atoms with van der Waals surface area (Å²) in [6.07, 6.45) is 2.97. The molecule has 0 saturated heterocycles. The molecule has 16 heavy (non-hydrogen) atoms. The molecule has 3 N–H and O–H groups in total. The monoisotopic (exact) mass is 240 g/mol. The van der Waals surface area contributed by atoms with Crippen molar-refractivity contribution in [2.75, 3.05) is 5.73 Å². The van der Waals surface area contributed by atoms with E-state index in [1.54, 1.807) is 6.07 Å². The van der Waals surface area contributed by atoms with Crippen LogP contribution in [-0.2, 0) is 10.4 Å². The van der Waals surface area contributed by atoms with E-state index >= 15 is 0 Å². The molecule has 1 aromatic heterocycles. The molecule has 1 aliphatic carbocycles. The Balaban J connectivity index is 2.35. The van der Waals surface area contributed by atoms with Gasteiger partial charge in [0, 0.05) is 24.6 Å². The normalized spacial score (nSPS) is 19.8. The summed E-state index contributed by atoms with van der Waals surface area (Å²) >= 11 is 5.83. The first-order valence-electron chi connectivity index (χ1n) is 5.17. The second-order valence-corrected chi connectivity index (χ2v) is 4.59. The SMILES string of the molecule is Nc1ncc(Cl)cc1C1(O)CCC(=O)CC1. The molecular formula is C11H13ClN2O2. The summed E-state index contributed by atoms with van der Waals surface area (Å²) in [6.45, 7) is 0. The summed E-state index contributed by atoms with van der Waals surface area (Å²) in [5.41, 5.74) is 5.20. The predicted octanol–water partition coefficient (Wildman–Crippen LogP) is 1.65. The Bertz CT molecular complexity index is 424. The Morgan fingerprint density at radius 2 is 2.06 bits per heavy atom. The lowest BCUT2D eigenvalue weighted by atomic mass is 9.79. The number of rotatable bonds is 1. The van der Waals surface area contributed by atoms with E-state index in [-0.39, 0.29) is 11.6 Å². The lowest BCUT2D eigenvalue weighted by Gasteiger charge is -2.32. The highest BCUT2D eigenvalue weighted by Gasteiger charge is 2.36. The Morgan fingerprint density at radius 3 is 2.69 bits per heavy atom. The fourth-order valence-electron chi connectivity index (χ4n) is 2.03. The van der Waals surface area contributed by atoms with Crippen LogP contribution in [0.3, 0.4) is 0 Å². The summed E-state index contributed by atoms with van der Waals surface area (Å²) in [5, 5.41) is 10.9. The summed E-state index contributed by atoms with van der Waals surface area (Å²) in [7, 11) is 0. The molecule has 1 fully saturated rings. The number of aromatic nitrogens is 1. The number of ketones is 1. The standard InChI is InChI=1S/C11H13ClN2O2/c12-7-5-9(10(13)14-6-7)11(16)3-1-8(15)2-4-11/h5-6,16H,1-4H2,(H2,13,14). The quantitative estimate of drug-likeness (QED) is 0.783. The van der Waals surface area contributed by atoms with E-state index in [1.165, 1.54) is 6.20 Å². The maximum Gasteiger partial charge on any atom is 0.133 e. The Morgan fingerprint density at radius 1 is 1.44 bits per heavy atom. The predicted molar refractivity (Wildman–Crippen MR) is 61.0 cm³/mol. The van der Waals surface area contributed by atoms with E-state index in [4.69, 9.17) is 17.3 Å². The molecule has 0 unspecified atom stereocenters. The fourth-order valence-corrected chi connectivity index (χ4v) is 2.19. The van der Waals surface area contributed by atoms with Crippen molar-refractivity contribution in [1.29, 1.82) is 0 Å². The average Bonchev–Trinajstić information content (AvgIpc) is 2.26. The van der Waals surface area contributed by atoms with Gasteiger partial charge in [0.1, 0.15) is 11.6 Å². The van der Waals surface area contributed by atoms with Crippen molar-refractivity contribution in [3.05, 3.63) is 22.8 Å². The molecule has 0 atom stereocenters.